The Morgan fingerprint density at radius 3 is 2.89 bits per heavy atom. The van der Waals surface area contributed by atoms with Crippen LogP contribution in [0.5, 0.6) is 5.75 Å². The van der Waals surface area contributed by atoms with Gasteiger partial charge in [-0.05, 0) is 44.2 Å². The van der Waals surface area contributed by atoms with Gasteiger partial charge < -0.3 is 10.5 Å². The molecule has 18 heavy (non-hydrogen) atoms. The zero-order valence-corrected chi connectivity index (χ0v) is 10.5. The molecule has 0 saturated heterocycles. The van der Waals surface area contributed by atoms with Gasteiger partial charge in [-0.2, -0.15) is 0 Å². The van der Waals surface area contributed by atoms with Crippen molar-refractivity contribution in [2.24, 2.45) is 5.73 Å². The third-order valence-electron chi connectivity index (χ3n) is 3.34. The van der Waals surface area contributed by atoms with E-state index in [1.807, 2.05) is 6.92 Å². The molecule has 1 saturated carbocycles. The molecule has 0 aliphatic heterocycles. The van der Waals surface area contributed by atoms with Crippen LogP contribution in [0.15, 0.2) is 18.2 Å². The Morgan fingerprint density at radius 2 is 2.22 bits per heavy atom. The first kappa shape index (κ1) is 12.8. The molecule has 2 atom stereocenters. The van der Waals surface area contributed by atoms with Gasteiger partial charge in [-0.25, -0.2) is 0 Å². The van der Waals surface area contributed by atoms with Crippen LogP contribution in [0.1, 0.15) is 31.2 Å². The molecular weight excluding hydrogens is 232 g/mol. The number of benzene rings is 1. The van der Waals surface area contributed by atoms with E-state index >= 15 is 0 Å². The van der Waals surface area contributed by atoms with Crippen molar-refractivity contribution in [1.82, 2.24) is 0 Å². The molecule has 2 unspecified atom stereocenters. The van der Waals surface area contributed by atoms with Crippen LogP contribution in [-0.4, -0.2) is 17.1 Å². The second-order valence-electron chi connectivity index (χ2n) is 4.87. The maximum Gasteiger partial charge on any atom is 0.273 e. The number of nitrogens with zero attached hydrogens (tertiary/aromatic N) is 1. The number of aryl methyl sites for hydroxylation is 1. The van der Waals surface area contributed by atoms with Gasteiger partial charge in [0.1, 0.15) is 11.9 Å². The molecule has 0 radical (unpaired) electrons. The summed E-state index contributed by atoms with van der Waals surface area (Å²) in [5.74, 6) is 0.600. The molecule has 0 heterocycles. The summed E-state index contributed by atoms with van der Waals surface area (Å²) in [6, 6.07) is 4.89. The van der Waals surface area contributed by atoms with Gasteiger partial charge in [0.15, 0.2) is 0 Å². The zero-order chi connectivity index (χ0) is 13.1. The molecule has 5 heteroatoms. The quantitative estimate of drug-likeness (QED) is 0.660. The van der Waals surface area contributed by atoms with Gasteiger partial charge >= 0.3 is 0 Å². The molecule has 1 fully saturated rings. The van der Waals surface area contributed by atoms with Crippen molar-refractivity contribution in [1.29, 1.82) is 0 Å². The first-order chi connectivity index (χ1) is 8.56. The lowest BCUT2D eigenvalue weighted by atomic mass is 9.93. The molecule has 5 nitrogen and oxygen atoms in total. The summed E-state index contributed by atoms with van der Waals surface area (Å²) < 4.78 is 5.86. The van der Waals surface area contributed by atoms with E-state index in [1.165, 1.54) is 12.1 Å². The van der Waals surface area contributed by atoms with E-state index in [0.717, 1.165) is 31.2 Å². The molecule has 0 spiro atoms. The maximum atomic E-state index is 10.7. The molecule has 2 rings (SSSR count). The SMILES string of the molecule is Cc1ccc([N+](=O)[O-])cc1OC1CCCC(N)C1. The van der Waals surface area contributed by atoms with Gasteiger partial charge in [0.05, 0.1) is 11.0 Å². The fourth-order valence-corrected chi connectivity index (χ4v) is 2.30. The molecular formula is C13H18N2O3. The fraction of sp³-hybridized carbons (Fsp3) is 0.538. The molecule has 1 aromatic rings. The lowest BCUT2D eigenvalue weighted by Crippen LogP contribution is -2.33. The first-order valence-corrected chi connectivity index (χ1v) is 6.23. The topological polar surface area (TPSA) is 78.4 Å². The third-order valence-corrected chi connectivity index (χ3v) is 3.34. The van der Waals surface area contributed by atoms with Crippen molar-refractivity contribution < 1.29 is 9.66 Å². The van der Waals surface area contributed by atoms with E-state index in [4.69, 9.17) is 10.5 Å². The van der Waals surface area contributed by atoms with E-state index < -0.39 is 4.92 Å². The molecule has 0 bridgehead atoms. The normalized spacial score (nSPS) is 23.7. The van der Waals surface area contributed by atoms with E-state index in [0.29, 0.717) is 5.75 Å². The number of nitro groups is 1. The van der Waals surface area contributed by atoms with Crippen LogP contribution in [-0.2, 0) is 0 Å². The average molecular weight is 250 g/mol. The molecule has 0 aromatic heterocycles. The van der Waals surface area contributed by atoms with Crippen molar-refractivity contribution >= 4 is 5.69 Å². The maximum absolute atomic E-state index is 10.7. The number of hydrogen-bond donors (Lipinski definition) is 1. The van der Waals surface area contributed by atoms with Crippen molar-refractivity contribution in [2.75, 3.05) is 0 Å². The van der Waals surface area contributed by atoms with Crippen molar-refractivity contribution in [3.05, 3.63) is 33.9 Å². The Morgan fingerprint density at radius 1 is 1.44 bits per heavy atom. The monoisotopic (exact) mass is 250 g/mol. The third kappa shape index (κ3) is 2.98. The van der Waals surface area contributed by atoms with Gasteiger partial charge in [0.2, 0.25) is 0 Å². The number of nitrogens with two attached hydrogens (primary N) is 1. The summed E-state index contributed by atoms with van der Waals surface area (Å²) in [4.78, 5) is 10.3. The van der Waals surface area contributed by atoms with Crippen LogP contribution >= 0.6 is 0 Å². The molecule has 2 N–H and O–H groups in total. The zero-order valence-electron chi connectivity index (χ0n) is 10.5. The summed E-state index contributed by atoms with van der Waals surface area (Å²) in [7, 11) is 0. The smallest absolute Gasteiger partial charge is 0.273 e. The van der Waals surface area contributed by atoms with Gasteiger partial charge in [-0.15, -0.1) is 0 Å². The highest BCUT2D eigenvalue weighted by Gasteiger charge is 2.21. The van der Waals surface area contributed by atoms with Crippen molar-refractivity contribution in [2.45, 2.75) is 44.8 Å². The minimum atomic E-state index is -0.404. The number of nitro benzene ring substituents is 1. The molecule has 1 aliphatic carbocycles. The largest absolute Gasteiger partial charge is 0.490 e. The van der Waals surface area contributed by atoms with Gasteiger partial charge in [-0.3, -0.25) is 10.1 Å². The van der Waals surface area contributed by atoms with Gasteiger partial charge in [-0.1, -0.05) is 0 Å². The highest BCUT2D eigenvalue weighted by Crippen LogP contribution is 2.28. The lowest BCUT2D eigenvalue weighted by Gasteiger charge is -2.27. The van der Waals surface area contributed by atoms with Crippen molar-refractivity contribution in [3.63, 3.8) is 0 Å². The Labute approximate surface area is 106 Å². The molecule has 0 amide bonds. The van der Waals surface area contributed by atoms with Crippen LogP contribution in [0.2, 0.25) is 0 Å². The summed E-state index contributed by atoms with van der Waals surface area (Å²) in [5, 5.41) is 10.7. The average Bonchev–Trinajstić information content (AvgIpc) is 2.31. The second kappa shape index (κ2) is 5.35. The summed E-state index contributed by atoms with van der Waals surface area (Å²) in [6.07, 6.45) is 3.96. The summed E-state index contributed by atoms with van der Waals surface area (Å²) in [5.41, 5.74) is 6.89. The Kier molecular flexibility index (Phi) is 3.81. The van der Waals surface area contributed by atoms with Gasteiger partial charge in [0, 0.05) is 12.1 Å². The summed E-state index contributed by atoms with van der Waals surface area (Å²) in [6.45, 7) is 1.89. The van der Waals surface area contributed by atoms with Crippen LogP contribution < -0.4 is 10.5 Å². The highest BCUT2D eigenvalue weighted by molar-refractivity contribution is 5.43. The molecule has 1 aliphatic rings. The number of ether oxygens (including phenoxy) is 1. The second-order valence-corrected chi connectivity index (χ2v) is 4.87. The van der Waals surface area contributed by atoms with Crippen LogP contribution in [0, 0.1) is 17.0 Å². The summed E-state index contributed by atoms with van der Waals surface area (Å²) >= 11 is 0. The predicted molar refractivity (Wildman–Crippen MR) is 68.7 cm³/mol. The number of hydrogen-bond acceptors (Lipinski definition) is 4. The van der Waals surface area contributed by atoms with E-state index in [2.05, 4.69) is 0 Å². The minimum Gasteiger partial charge on any atom is -0.490 e. The lowest BCUT2D eigenvalue weighted by molar-refractivity contribution is -0.385. The Balaban J connectivity index is 2.12. The number of non-ortho nitro benzene ring substituents is 1. The van der Waals surface area contributed by atoms with E-state index in [1.54, 1.807) is 6.07 Å². The van der Waals surface area contributed by atoms with Crippen molar-refractivity contribution in [3.8, 4) is 5.75 Å². The molecule has 98 valence electrons. The van der Waals surface area contributed by atoms with Crippen LogP contribution in [0.25, 0.3) is 0 Å². The standard InChI is InChI=1S/C13H18N2O3/c1-9-5-6-11(15(16)17)8-13(9)18-12-4-2-3-10(14)7-12/h5-6,8,10,12H,2-4,7,14H2,1H3. The van der Waals surface area contributed by atoms with Crippen LogP contribution in [0.4, 0.5) is 5.69 Å². The first-order valence-electron chi connectivity index (χ1n) is 6.23. The van der Waals surface area contributed by atoms with Crippen LogP contribution in [0.3, 0.4) is 0 Å². The Hall–Kier alpha value is -1.62. The fourth-order valence-electron chi connectivity index (χ4n) is 2.30. The highest BCUT2D eigenvalue weighted by atomic mass is 16.6. The Bertz CT molecular complexity index is 448. The van der Waals surface area contributed by atoms with Gasteiger partial charge in [0.25, 0.3) is 5.69 Å². The van der Waals surface area contributed by atoms with E-state index in [9.17, 15) is 10.1 Å². The van der Waals surface area contributed by atoms with E-state index in [-0.39, 0.29) is 17.8 Å². The minimum absolute atomic E-state index is 0.0655. The number of rotatable bonds is 3. The predicted octanol–water partition coefficient (Wildman–Crippen LogP) is 2.55. The molecule has 1 aromatic carbocycles.